The molecule has 2 aromatic carbocycles. The van der Waals surface area contributed by atoms with Crippen LogP contribution in [0.15, 0.2) is 52.3 Å². The van der Waals surface area contributed by atoms with Crippen molar-refractivity contribution >= 4 is 44.8 Å². The van der Waals surface area contributed by atoms with E-state index in [0.29, 0.717) is 11.4 Å². The molecule has 6 nitrogen and oxygen atoms in total. The van der Waals surface area contributed by atoms with Gasteiger partial charge < -0.3 is 10.6 Å². The zero-order chi connectivity index (χ0) is 20.5. The quantitative estimate of drug-likeness (QED) is 0.771. The van der Waals surface area contributed by atoms with E-state index in [1.54, 1.807) is 13.0 Å². The minimum Gasteiger partial charge on any atom is -0.326 e. The van der Waals surface area contributed by atoms with Gasteiger partial charge in [0.15, 0.2) is 9.84 Å². The van der Waals surface area contributed by atoms with Gasteiger partial charge >= 0.3 is 0 Å². The Balaban J connectivity index is 1.72. The van der Waals surface area contributed by atoms with E-state index in [1.165, 1.54) is 55.1 Å². The molecular weight excluding hydrogens is 403 g/mol. The molecule has 1 heterocycles. The zero-order valence-electron chi connectivity index (χ0n) is 15.2. The number of hydrogen-bond donors (Lipinski definition) is 2. The number of sulfone groups is 1. The molecular formula is C19H19FN2O4S2. The minimum atomic E-state index is -3.75. The van der Waals surface area contributed by atoms with Crippen LogP contribution in [-0.2, 0) is 19.4 Å². The van der Waals surface area contributed by atoms with E-state index < -0.39 is 33.2 Å². The van der Waals surface area contributed by atoms with Gasteiger partial charge in [-0.3, -0.25) is 9.59 Å². The van der Waals surface area contributed by atoms with Gasteiger partial charge in [0, 0.05) is 16.5 Å². The molecule has 0 radical (unpaired) electrons. The average Bonchev–Trinajstić information content (AvgIpc) is 2.63. The van der Waals surface area contributed by atoms with Crippen molar-refractivity contribution in [3.05, 3.63) is 48.3 Å². The molecule has 2 N–H and O–H groups in total. The lowest BCUT2D eigenvalue weighted by Crippen LogP contribution is -2.28. The van der Waals surface area contributed by atoms with Gasteiger partial charge in [-0.05, 0) is 49.4 Å². The number of hydrogen-bond acceptors (Lipinski definition) is 5. The number of nitrogens with one attached hydrogen (secondary N) is 2. The van der Waals surface area contributed by atoms with Gasteiger partial charge in [0.25, 0.3) is 0 Å². The Morgan fingerprint density at radius 3 is 2.61 bits per heavy atom. The average molecular weight is 423 g/mol. The van der Waals surface area contributed by atoms with Gasteiger partial charge in [0.05, 0.1) is 21.6 Å². The normalized spacial score (nSPS) is 17.4. The predicted octanol–water partition coefficient (Wildman–Crippen LogP) is 3.31. The highest BCUT2D eigenvalue weighted by atomic mass is 32.2. The predicted molar refractivity (Wildman–Crippen MR) is 107 cm³/mol. The summed E-state index contributed by atoms with van der Waals surface area (Å²) in [5.41, 5.74) is 0.843. The van der Waals surface area contributed by atoms with Crippen LogP contribution >= 0.6 is 11.8 Å². The van der Waals surface area contributed by atoms with E-state index in [1.807, 2.05) is 0 Å². The number of rotatable bonds is 5. The van der Waals surface area contributed by atoms with E-state index in [-0.39, 0.29) is 16.1 Å². The van der Waals surface area contributed by atoms with Crippen LogP contribution in [0, 0.1) is 11.7 Å². The molecule has 0 aromatic heterocycles. The minimum absolute atomic E-state index is 0.0446. The molecule has 2 atom stereocenters. The highest BCUT2D eigenvalue weighted by molar-refractivity contribution is 8.01. The maximum absolute atomic E-state index is 12.9. The molecule has 2 amide bonds. The van der Waals surface area contributed by atoms with Crippen molar-refractivity contribution in [1.29, 1.82) is 0 Å². The second-order valence-electron chi connectivity index (χ2n) is 6.59. The summed E-state index contributed by atoms with van der Waals surface area (Å²) in [6, 6.07) is 9.78. The summed E-state index contributed by atoms with van der Waals surface area (Å²) in [5, 5.41) is 5.03. The van der Waals surface area contributed by atoms with E-state index in [9.17, 15) is 22.4 Å². The van der Waals surface area contributed by atoms with Crippen LogP contribution in [0.25, 0.3) is 0 Å². The Morgan fingerprint density at radius 2 is 1.93 bits per heavy atom. The van der Waals surface area contributed by atoms with Crippen LogP contribution in [0.1, 0.15) is 13.8 Å². The monoisotopic (exact) mass is 422 g/mol. The van der Waals surface area contributed by atoms with Crippen molar-refractivity contribution in [2.24, 2.45) is 5.92 Å². The smallest absolute Gasteiger partial charge is 0.237 e. The first-order valence-electron chi connectivity index (χ1n) is 8.56. The van der Waals surface area contributed by atoms with Gasteiger partial charge in [-0.1, -0.05) is 6.92 Å². The van der Waals surface area contributed by atoms with E-state index >= 15 is 0 Å². The lowest BCUT2D eigenvalue weighted by atomic mass is 10.2. The third-order valence-corrected chi connectivity index (χ3v) is 7.36. The second kappa shape index (κ2) is 7.92. The number of amides is 2. The fourth-order valence-electron chi connectivity index (χ4n) is 2.68. The number of thioether (sulfide) groups is 1. The van der Waals surface area contributed by atoms with Crippen LogP contribution in [0.4, 0.5) is 15.8 Å². The van der Waals surface area contributed by atoms with Crippen LogP contribution in [-0.4, -0.2) is 31.2 Å². The fourth-order valence-corrected chi connectivity index (χ4v) is 5.19. The number of anilines is 2. The van der Waals surface area contributed by atoms with Crippen LogP contribution in [0.3, 0.4) is 0 Å². The molecule has 0 bridgehead atoms. The van der Waals surface area contributed by atoms with Crippen molar-refractivity contribution in [1.82, 2.24) is 0 Å². The molecule has 3 rings (SSSR count). The van der Waals surface area contributed by atoms with Crippen molar-refractivity contribution in [2.45, 2.75) is 28.9 Å². The largest absolute Gasteiger partial charge is 0.326 e. The van der Waals surface area contributed by atoms with E-state index in [2.05, 4.69) is 10.6 Å². The lowest BCUT2D eigenvalue weighted by Gasteiger charge is -2.22. The topological polar surface area (TPSA) is 92.3 Å². The molecule has 0 unspecified atom stereocenters. The summed E-state index contributed by atoms with van der Waals surface area (Å²) in [4.78, 5) is 25.0. The Hall–Kier alpha value is -2.39. The number of carbonyl (C=O) groups is 2. The SMILES string of the molecule is C[C@@H]1Sc2ccc(S(=O)(=O)C[C@H](C)C(=O)Nc3ccc(F)cc3)cc2NC1=O. The van der Waals surface area contributed by atoms with Crippen LogP contribution in [0.5, 0.6) is 0 Å². The molecule has 28 heavy (non-hydrogen) atoms. The van der Waals surface area contributed by atoms with Crippen LogP contribution in [0.2, 0.25) is 0 Å². The standard InChI is InChI=1S/C19H19FN2O4S2/c1-11(18(23)21-14-5-3-13(20)4-6-14)10-28(25,26)15-7-8-17-16(9-15)22-19(24)12(2)27-17/h3-9,11-12H,10H2,1-2H3,(H,21,23)(H,22,24)/t11-,12-/m0/s1. The van der Waals surface area contributed by atoms with Crippen molar-refractivity contribution in [3.63, 3.8) is 0 Å². The third-order valence-electron chi connectivity index (χ3n) is 4.27. The zero-order valence-corrected chi connectivity index (χ0v) is 16.9. The highest BCUT2D eigenvalue weighted by Gasteiger charge is 2.27. The van der Waals surface area contributed by atoms with Crippen molar-refractivity contribution in [3.8, 4) is 0 Å². The van der Waals surface area contributed by atoms with E-state index in [4.69, 9.17) is 0 Å². The van der Waals surface area contributed by atoms with Gasteiger partial charge in [-0.25, -0.2) is 12.8 Å². The Labute approximate surface area is 166 Å². The molecule has 9 heteroatoms. The Kier molecular flexibility index (Phi) is 5.76. The van der Waals surface area contributed by atoms with Gasteiger partial charge in [0.2, 0.25) is 11.8 Å². The number of halogens is 1. The Morgan fingerprint density at radius 1 is 1.25 bits per heavy atom. The first-order valence-corrected chi connectivity index (χ1v) is 11.1. The maximum Gasteiger partial charge on any atom is 0.237 e. The summed E-state index contributed by atoms with van der Waals surface area (Å²) in [6.07, 6.45) is 0. The molecule has 148 valence electrons. The maximum atomic E-state index is 12.9. The summed E-state index contributed by atoms with van der Waals surface area (Å²) in [7, 11) is -3.75. The molecule has 0 saturated heterocycles. The molecule has 0 fully saturated rings. The van der Waals surface area contributed by atoms with Crippen molar-refractivity contribution < 1.29 is 22.4 Å². The second-order valence-corrected chi connectivity index (χ2v) is 10.0. The molecule has 2 aromatic rings. The van der Waals surface area contributed by atoms with E-state index in [0.717, 1.165) is 4.90 Å². The van der Waals surface area contributed by atoms with Crippen LogP contribution < -0.4 is 10.6 Å². The van der Waals surface area contributed by atoms with Gasteiger partial charge in [0.1, 0.15) is 5.82 Å². The molecule has 1 aliphatic heterocycles. The molecule has 0 aliphatic carbocycles. The van der Waals surface area contributed by atoms with Crippen molar-refractivity contribution in [2.75, 3.05) is 16.4 Å². The lowest BCUT2D eigenvalue weighted by molar-refractivity contribution is -0.119. The third kappa shape index (κ3) is 4.53. The summed E-state index contributed by atoms with van der Waals surface area (Å²) < 4.78 is 38.4. The summed E-state index contributed by atoms with van der Waals surface area (Å²) in [5.74, 6) is -2.31. The molecule has 0 saturated carbocycles. The number of benzene rings is 2. The number of fused-ring (bicyclic) bond motifs is 1. The first-order chi connectivity index (χ1) is 13.2. The number of carbonyl (C=O) groups excluding carboxylic acids is 2. The fraction of sp³-hybridized carbons (Fsp3) is 0.263. The molecule has 0 spiro atoms. The summed E-state index contributed by atoms with van der Waals surface area (Å²) in [6.45, 7) is 3.28. The Bertz CT molecular complexity index is 1020. The van der Waals surface area contributed by atoms with Gasteiger partial charge in [-0.2, -0.15) is 0 Å². The van der Waals surface area contributed by atoms with Gasteiger partial charge in [-0.15, -0.1) is 11.8 Å². The molecule has 1 aliphatic rings. The summed E-state index contributed by atoms with van der Waals surface area (Å²) >= 11 is 1.36. The first kappa shape index (κ1) is 20.3. The highest BCUT2D eigenvalue weighted by Crippen LogP contribution is 2.37.